The fourth-order valence-electron chi connectivity index (χ4n) is 5.22. The standard InChI is InChI=1S/C24H30ClN5O4S2/c25-20-9-8-17-14-22(35-23(17)26-20)36(33,34)27-19-7-5-12-29(24(19)32)16-21(31)30-13-4-6-18(30)15-28-10-2-1-3-11-28/h1-2,8-9,14,18-19,27H,3-7,10-13,15-16H2/t18-,19-/m0/s1. The molecule has 2 amide bonds. The summed E-state index contributed by atoms with van der Waals surface area (Å²) in [4.78, 5) is 36.8. The summed E-state index contributed by atoms with van der Waals surface area (Å²) >= 11 is 6.93. The van der Waals surface area contributed by atoms with Crippen LogP contribution in [0.25, 0.3) is 10.2 Å². The van der Waals surface area contributed by atoms with Gasteiger partial charge in [-0.3, -0.25) is 14.5 Å². The summed E-state index contributed by atoms with van der Waals surface area (Å²) in [5.41, 5.74) is 0. The number of rotatable bonds is 7. The third-order valence-corrected chi connectivity index (χ3v) is 10.3. The number of halogens is 1. The molecule has 2 atom stereocenters. The number of nitrogens with one attached hydrogen (secondary N) is 1. The molecule has 2 saturated heterocycles. The number of fused-ring (bicyclic) bond motifs is 1. The largest absolute Gasteiger partial charge is 0.337 e. The second kappa shape index (κ2) is 10.7. The van der Waals surface area contributed by atoms with E-state index in [2.05, 4.69) is 26.8 Å². The Labute approximate surface area is 220 Å². The molecule has 1 N–H and O–H groups in total. The van der Waals surface area contributed by atoms with Crippen molar-refractivity contribution in [2.45, 2.75) is 48.4 Å². The van der Waals surface area contributed by atoms with E-state index in [0.717, 1.165) is 50.2 Å². The molecule has 9 nitrogen and oxygen atoms in total. The van der Waals surface area contributed by atoms with E-state index in [9.17, 15) is 18.0 Å². The van der Waals surface area contributed by atoms with Gasteiger partial charge in [-0.15, -0.1) is 11.3 Å². The summed E-state index contributed by atoms with van der Waals surface area (Å²) in [5, 5.41) is 0.963. The van der Waals surface area contributed by atoms with Crippen LogP contribution in [0.1, 0.15) is 32.1 Å². The van der Waals surface area contributed by atoms with Crippen molar-refractivity contribution in [3.8, 4) is 0 Å². The predicted octanol–water partition coefficient (Wildman–Crippen LogP) is 2.47. The Morgan fingerprint density at radius 2 is 2.00 bits per heavy atom. The van der Waals surface area contributed by atoms with Gasteiger partial charge in [-0.25, -0.2) is 13.4 Å². The maximum atomic E-state index is 13.2. The number of piperidine rings is 1. The first-order chi connectivity index (χ1) is 17.3. The van der Waals surface area contributed by atoms with Crippen LogP contribution in [-0.4, -0.2) is 91.3 Å². The molecular weight excluding hydrogens is 522 g/mol. The van der Waals surface area contributed by atoms with Gasteiger partial charge in [0.25, 0.3) is 10.0 Å². The van der Waals surface area contributed by atoms with Crippen LogP contribution >= 0.6 is 22.9 Å². The van der Waals surface area contributed by atoms with Crippen LogP contribution in [0, 0.1) is 0 Å². The van der Waals surface area contributed by atoms with Crippen LogP contribution < -0.4 is 4.72 Å². The van der Waals surface area contributed by atoms with Gasteiger partial charge in [0.2, 0.25) is 11.8 Å². The molecule has 0 radical (unpaired) electrons. The topological polar surface area (TPSA) is 103 Å². The molecule has 0 aromatic carbocycles. The quantitative estimate of drug-likeness (QED) is 0.419. The smallest absolute Gasteiger partial charge is 0.250 e. The lowest BCUT2D eigenvalue weighted by molar-refractivity contribution is -0.143. The van der Waals surface area contributed by atoms with Crippen LogP contribution in [0.4, 0.5) is 0 Å². The van der Waals surface area contributed by atoms with Gasteiger partial charge in [-0.05, 0) is 50.3 Å². The number of nitrogens with zero attached hydrogens (tertiary/aromatic N) is 4. The highest BCUT2D eigenvalue weighted by molar-refractivity contribution is 7.91. The Kier molecular flexibility index (Phi) is 7.64. The minimum Gasteiger partial charge on any atom is -0.337 e. The summed E-state index contributed by atoms with van der Waals surface area (Å²) < 4.78 is 28.8. The molecule has 12 heteroatoms. The number of carbonyl (C=O) groups excluding carboxylic acids is 2. The van der Waals surface area contributed by atoms with Crippen molar-refractivity contribution >= 4 is 55.0 Å². The highest BCUT2D eigenvalue weighted by Crippen LogP contribution is 2.29. The van der Waals surface area contributed by atoms with Gasteiger partial charge in [0.05, 0.1) is 6.54 Å². The molecular formula is C24H30ClN5O4S2. The van der Waals surface area contributed by atoms with Gasteiger partial charge in [0.1, 0.15) is 20.2 Å². The van der Waals surface area contributed by atoms with Crippen molar-refractivity contribution in [3.63, 3.8) is 0 Å². The van der Waals surface area contributed by atoms with Gasteiger partial charge in [0.15, 0.2) is 0 Å². The second-order valence-electron chi connectivity index (χ2n) is 9.57. The van der Waals surface area contributed by atoms with Gasteiger partial charge >= 0.3 is 0 Å². The zero-order valence-corrected chi connectivity index (χ0v) is 22.3. The first-order valence-corrected chi connectivity index (χ1v) is 15.0. The number of likely N-dealkylation sites (tertiary alicyclic amines) is 2. The van der Waals surface area contributed by atoms with Crippen molar-refractivity contribution < 1.29 is 18.0 Å². The fourth-order valence-corrected chi connectivity index (χ4v) is 7.99. The van der Waals surface area contributed by atoms with E-state index in [1.807, 2.05) is 4.90 Å². The average Bonchev–Trinajstić information content (AvgIpc) is 3.49. The number of carbonyl (C=O) groups is 2. The number of hydrogen-bond acceptors (Lipinski definition) is 7. The van der Waals surface area contributed by atoms with Gasteiger partial charge in [-0.1, -0.05) is 23.8 Å². The van der Waals surface area contributed by atoms with E-state index in [1.165, 1.54) is 11.0 Å². The van der Waals surface area contributed by atoms with Crippen LogP contribution in [-0.2, 0) is 19.6 Å². The SMILES string of the molecule is O=C1[C@@H](NS(=O)(=O)c2cc3ccc(Cl)nc3s2)CCCN1CC(=O)N1CCC[C@H]1CN1CC=CCC1. The molecule has 2 aromatic heterocycles. The Bertz CT molecular complexity index is 1280. The molecule has 0 unspecified atom stereocenters. The van der Waals surface area contributed by atoms with Crippen LogP contribution in [0.5, 0.6) is 0 Å². The Morgan fingerprint density at radius 1 is 1.17 bits per heavy atom. The highest BCUT2D eigenvalue weighted by atomic mass is 35.5. The second-order valence-corrected chi connectivity index (χ2v) is 12.9. The molecule has 2 fully saturated rings. The van der Waals surface area contributed by atoms with Crippen molar-refractivity contribution in [1.29, 1.82) is 0 Å². The van der Waals surface area contributed by atoms with Crippen molar-refractivity contribution in [3.05, 3.63) is 35.5 Å². The van der Waals surface area contributed by atoms with E-state index < -0.39 is 16.1 Å². The molecule has 0 bridgehead atoms. The molecule has 5 rings (SSSR count). The molecule has 0 saturated carbocycles. The minimum atomic E-state index is -3.93. The van der Waals surface area contributed by atoms with Crippen LogP contribution in [0.3, 0.4) is 0 Å². The van der Waals surface area contributed by atoms with E-state index in [1.54, 1.807) is 12.1 Å². The molecule has 2 aromatic rings. The van der Waals surface area contributed by atoms with Crippen LogP contribution in [0.2, 0.25) is 5.15 Å². The third-order valence-electron chi connectivity index (χ3n) is 7.05. The van der Waals surface area contributed by atoms with E-state index in [-0.39, 0.29) is 33.8 Å². The first kappa shape index (κ1) is 25.6. The van der Waals surface area contributed by atoms with Crippen molar-refractivity contribution in [2.75, 3.05) is 39.3 Å². The van der Waals surface area contributed by atoms with Gasteiger partial charge < -0.3 is 9.80 Å². The maximum absolute atomic E-state index is 13.2. The summed E-state index contributed by atoms with van der Waals surface area (Å²) in [6.45, 7) is 3.90. The minimum absolute atomic E-state index is 0.0151. The fraction of sp³-hybridized carbons (Fsp3) is 0.542. The Hall–Kier alpha value is -2.05. The number of thiophene rings is 1. The molecule has 36 heavy (non-hydrogen) atoms. The lowest BCUT2D eigenvalue weighted by Crippen LogP contribution is -2.55. The highest BCUT2D eigenvalue weighted by Gasteiger charge is 2.36. The molecule has 0 aliphatic carbocycles. The number of pyridine rings is 1. The maximum Gasteiger partial charge on any atom is 0.250 e. The zero-order valence-electron chi connectivity index (χ0n) is 19.9. The summed E-state index contributed by atoms with van der Waals surface area (Å²) in [7, 11) is -3.93. The predicted molar refractivity (Wildman–Crippen MR) is 139 cm³/mol. The summed E-state index contributed by atoms with van der Waals surface area (Å²) in [6, 6.07) is 4.12. The van der Waals surface area contributed by atoms with E-state index >= 15 is 0 Å². The first-order valence-electron chi connectivity index (χ1n) is 12.3. The lowest BCUT2D eigenvalue weighted by Gasteiger charge is -2.35. The Balaban J connectivity index is 1.22. The number of aromatic nitrogens is 1. The van der Waals surface area contributed by atoms with Gasteiger partial charge in [0, 0.05) is 44.2 Å². The number of sulfonamides is 1. The zero-order chi connectivity index (χ0) is 25.3. The van der Waals surface area contributed by atoms with Gasteiger partial charge in [-0.2, -0.15) is 4.72 Å². The normalized spacial score (nSPS) is 23.6. The molecule has 3 aliphatic heterocycles. The average molecular weight is 552 g/mol. The lowest BCUT2D eigenvalue weighted by atomic mass is 10.1. The monoisotopic (exact) mass is 551 g/mol. The molecule has 0 spiro atoms. The summed E-state index contributed by atoms with van der Waals surface area (Å²) in [6.07, 6.45) is 8.35. The Morgan fingerprint density at radius 3 is 2.81 bits per heavy atom. The number of amides is 2. The number of hydrogen-bond donors (Lipinski definition) is 1. The summed E-state index contributed by atoms with van der Waals surface area (Å²) in [5.74, 6) is -0.410. The van der Waals surface area contributed by atoms with Crippen LogP contribution in [0.15, 0.2) is 34.6 Å². The van der Waals surface area contributed by atoms with Crippen molar-refractivity contribution in [1.82, 2.24) is 24.4 Å². The molecule has 3 aliphatic rings. The van der Waals surface area contributed by atoms with Crippen molar-refractivity contribution in [2.24, 2.45) is 0 Å². The molecule has 5 heterocycles. The van der Waals surface area contributed by atoms with E-state index in [0.29, 0.717) is 36.1 Å². The van der Waals surface area contributed by atoms with E-state index in [4.69, 9.17) is 11.6 Å². The molecule has 194 valence electrons. The third kappa shape index (κ3) is 5.60.